The summed E-state index contributed by atoms with van der Waals surface area (Å²) in [6.45, 7) is 1.60. The predicted molar refractivity (Wildman–Crippen MR) is 75.9 cm³/mol. The second-order valence-corrected chi connectivity index (χ2v) is 5.98. The summed E-state index contributed by atoms with van der Waals surface area (Å²) in [5.74, 6) is 0. The van der Waals surface area contributed by atoms with Crippen molar-refractivity contribution < 1.29 is 18.1 Å². The van der Waals surface area contributed by atoms with Crippen LogP contribution in [0.5, 0.6) is 0 Å². The summed E-state index contributed by atoms with van der Waals surface area (Å²) in [4.78, 5) is -0.192. The predicted octanol–water partition coefficient (Wildman–Crippen LogP) is 2.21. The second-order valence-electron chi connectivity index (χ2n) is 4.56. The molecule has 0 fully saturated rings. The summed E-state index contributed by atoms with van der Waals surface area (Å²) in [7, 11) is -4.21. The monoisotopic (exact) mass is 293 g/mol. The van der Waals surface area contributed by atoms with E-state index in [0.717, 1.165) is 0 Å². The molecule has 106 valence electrons. The van der Waals surface area contributed by atoms with Gasteiger partial charge in [-0.05, 0) is 31.2 Å². The van der Waals surface area contributed by atoms with Crippen LogP contribution in [0.2, 0.25) is 0 Å². The Kier molecular flexibility index (Phi) is 3.80. The molecule has 20 heavy (non-hydrogen) atoms. The van der Waals surface area contributed by atoms with E-state index in [4.69, 9.17) is 4.55 Å². The summed E-state index contributed by atoms with van der Waals surface area (Å²) < 4.78 is 30.8. The second kappa shape index (κ2) is 5.24. The Morgan fingerprint density at radius 3 is 2.05 bits per heavy atom. The van der Waals surface area contributed by atoms with Crippen LogP contribution in [0.4, 0.5) is 5.69 Å². The van der Waals surface area contributed by atoms with Crippen molar-refractivity contribution in [2.45, 2.75) is 17.5 Å². The summed E-state index contributed by atoms with van der Waals surface area (Å²) >= 11 is 0. The molecule has 5 nitrogen and oxygen atoms in total. The highest BCUT2D eigenvalue weighted by Gasteiger charge is 2.22. The molecule has 0 aromatic heterocycles. The molecule has 0 aliphatic rings. The molecule has 3 N–H and O–H groups in total. The maximum absolute atomic E-state index is 10.9. The van der Waals surface area contributed by atoms with Crippen molar-refractivity contribution in [1.29, 1.82) is 0 Å². The quantitative estimate of drug-likeness (QED) is 0.594. The Hall–Kier alpha value is -1.89. The molecule has 0 aliphatic carbocycles. The van der Waals surface area contributed by atoms with E-state index in [1.54, 1.807) is 19.1 Å². The van der Waals surface area contributed by atoms with Gasteiger partial charge in [-0.25, -0.2) is 0 Å². The van der Waals surface area contributed by atoms with Crippen LogP contribution in [0.25, 0.3) is 0 Å². The fourth-order valence-electron chi connectivity index (χ4n) is 1.83. The van der Waals surface area contributed by atoms with Gasteiger partial charge >= 0.3 is 0 Å². The molecule has 0 spiro atoms. The van der Waals surface area contributed by atoms with E-state index in [9.17, 15) is 13.5 Å². The molecule has 0 bridgehead atoms. The molecule has 0 aliphatic heterocycles. The van der Waals surface area contributed by atoms with Crippen LogP contribution in [0.1, 0.15) is 12.5 Å². The minimum atomic E-state index is -4.21. The number of nitrogens with one attached hydrogen (secondary N) is 1. The van der Waals surface area contributed by atoms with E-state index in [1.807, 2.05) is 18.2 Å². The average Bonchev–Trinajstić information content (AvgIpc) is 2.39. The topological polar surface area (TPSA) is 86.6 Å². The minimum Gasteiger partial charge on any atom is -0.367 e. The zero-order valence-electron chi connectivity index (χ0n) is 10.8. The van der Waals surface area contributed by atoms with Crippen molar-refractivity contribution >= 4 is 15.8 Å². The highest BCUT2D eigenvalue weighted by atomic mass is 32.2. The largest absolute Gasteiger partial charge is 0.367 e. The molecule has 0 saturated heterocycles. The van der Waals surface area contributed by atoms with E-state index in [-0.39, 0.29) is 4.90 Å². The van der Waals surface area contributed by atoms with Crippen LogP contribution in [-0.2, 0) is 15.8 Å². The summed E-state index contributed by atoms with van der Waals surface area (Å²) in [5, 5.41) is 13.3. The fourth-order valence-corrected chi connectivity index (χ4v) is 2.31. The lowest BCUT2D eigenvalue weighted by atomic mass is 10.0. The van der Waals surface area contributed by atoms with E-state index >= 15 is 0 Å². The van der Waals surface area contributed by atoms with Gasteiger partial charge in [-0.15, -0.1) is 0 Å². The van der Waals surface area contributed by atoms with Gasteiger partial charge in [0, 0.05) is 11.3 Å². The van der Waals surface area contributed by atoms with Crippen LogP contribution in [0, 0.1) is 0 Å². The third-order valence-corrected chi connectivity index (χ3v) is 3.74. The van der Waals surface area contributed by atoms with E-state index in [2.05, 4.69) is 5.32 Å². The Labute approximate surface area is 117 Å². The van der Waals surface area contributed by atoms with Crippen LogP contribution >= 0.6 is 0 Å². The highest BCUT2D eigenvalue weighted by molar-refractivity contribution is 7.85. The first-order valence-electron chi connectivity index (χ1n) is 5.93. The molecule has 0 amide bonds. The number of anilines is 1. The van der Waals surface area contributed by atoms with Crippen molar-refractivity contribution in [3.05, 3.63) is 60.2 Å². The maximum Gasteiger partial charge on any atom is 0.294 e. The summed E-state index contributed by atoms with van der Waals surface area (Å²) in [6.07, 6.45) is 0. The molecule has 0 saturated carbocycles. The van der Waals surface area contributed by atoms with Crippen LogP contribution in [0.15, 0.2) is 59.5 Å². The number of aliphatic hydroxyl groups is 1. The van der Waals surface area contributed by atoms with Crippen molar-refractivity contribution in [2.75, 3.05) is 5.32 Å². The molecule has 2 aromatic rings. The van der Waals surface area contributed by atoms with Crippen molar-refractivity contribution in [3.63, 3.8) is 0 Å². The average molecular weight is 293 g/mol. The van der Waals surface area contributed by atoms with Gasteiger partial charge in [-0.1, -0.05) is 30.3 Å². The standard InChI is InChI=1S/C14H15NO4S/c1-14(16,11-5-3-2-4-6-11)15-12-7-9-13(10-8-12)20(17,18)19/h2-10,15-16H,1H3,(H,17,18,19). The first-order chi connectivity index (χ1) is 9.29. The van der Waals surface area contributed by atoms with Crippen molar-refractivity contribution in [1.82, 2.24) is 0 Å². The van der Waals surface area contributed by atoms with Gasteiger partial charge in [-0.2, -0.15) is 8.42 Å². The van der Waals surface area contributed by atoms with Crippen LogP contribution in [0.3, 0.4) is 0 Å². The molecule has 0 radical (unpaired) electrons. The first-order valence-corrected chi connectivity index (χ1v) is 7.37. The van der Waals surface area contributed by atoms with E-state index in [0.29, 0.717) is 11.3 Å². The van der Waals surface area contributed by atoms with Gasteiger partial charge in [0.25, 0.3) is 10.1 Å². The van der Waals surface area contributed by atoms with Gasteiger partial charge in [0.1, 0.15) is 0 Å². The first kappa shape index (κ1) is 14.5. The lowest BCUT2D eigenvalue weighted by Crippen LogP contribution is -2.31. The smallest absolute Gasteiger partial charge is 0.294 e. The highest BCUT2D eigenvalue weighted by Crippen LogP contribution is 2.24. The van der Waals surface area contributed by atoms with Gasteiger partial charge in [-0.3, -0.25) is 4.55 Å². The summed E-state index contributed by atoms with van der Waals surface area (Å²) in [5.41, 5.74) is -0.0777. The van der Waals surface area contributed by atoms with Gasteiger partial charge in [0.15, 0.2) is 5.72 Å². The lowest BCUT2D eigenvalue weighted by Gasteiger charge is -2.26. The van der Waals surface area contributed by atoms with Gasteiger partial charge in [0.2, 0.25) is 0 Å². The number of benzene rings is 2. The Bertz CT molecular complexity index is 679. The molecular formula is C14H15NO4S. The van der Waals surface area contributed by atoms with Crippen LogP contribution < -0.4 is 5.32 Å². The summed E-state index contributed by atoms with van der Waals surface area (Å²) in [6, 6.07) is 14.5. The molecule has 2 aromatic carbocycles. The number of hydrogen-bond acceptors (Lipinski definition) is 4. The number of rotatable bonds is 4. The van der Waals surface area contributed by atoms with Crippen molar-refractivity contribution in [2.24, 2.45) is 0 Å². The van der Waals surface area contributed by atoms with Crippen LogP contribution in [-0.4, -0.2) is 18.1 Å². The molecule has 6 heteroatoms. The van der Waals surface area contributed by atoms with E-state index < -0.39 is 15.8 Å². The van der Waals surface area contributed by atoms with Gasteiger partial charge < -0.3 is 10.4 Å². The minimum absolute atomic E-state index is 0.192. The SMILES string of the molecule is CC(O)(Nc1ccc(S(=O)(=O)O)cc1)c1ccccc1. The third-order valence-electron chi connectivity index (χ3n) is 2.88. The molecular weight excluding hydrogens is 278 g/mol. The molecule has 1 unspecified atom stereocenters. The third kappa shape index (κ3) is 3.36. The Balaban J connectivity index is 2.22. The Morgan fingerprint density at radius 2 is 1.55 bits per heavy atom. The van der Waals surface area contributed by atoms with E-state index in [1.165, 1.54) is 24.3 Å². The number of hydrogen-bond donors (Lipinski definition) is 3. The van der Waals surface area contributed by atoms with Crippen molar-refractivity contribution in [3.8, 4) is 0 Å². The lowest BCUT2D eigenvalue weighted by molar-refractivity contribution is 0.0888. The van der Waals surface area contributed by atoms with Gasteiger partial charge in [0.05, 0.1) is 4.90 Å². The maximum atomic E-state index is 10.9. The molecule has 0 heterocycles. The Morgan fingerprint density at radius 1 is 1.00 bits per heavy atom. The fraction of sp³-hybridized carbons (Fsp3) is 0.143. The normalized spacial score (nSPS) is 14.6. The molecule has 2 rings (SSSR count). The zero-order chi connectivity index (χ0) is 14.8. The zero-order valence-corrected chi connectivity index (χ0v) is 11.6. The molecule has 1 atom stereocenters.